The van der Waals surface area contributed by atoms with E-state index in [0.717, 1.165) is 10.9 Å². The van der Waals surface area contributed by atoms with Crippen molar-refractivity contribution in [3.8, 4) is 0 Å². The van der Waals surface area contributed by atoms with Gasteiger partial charge in [0.2, 0.25) is 0 Å². The second kappa shape index (κ2) is 3.79. The van der Waals surface area contributed by atoms with Gasteiger partial charge in [-0.3, -0.25) is 0 Å². The van der Waals surface area contributed by atoms with Crippen LogP contribution in [0.15, 0.2) is 61.1 Å². The zero-order valence-corrected chi connectivity index (χ0v) is 11.2. The Kier molecular flexibility index (Phi) is 1.95. The van der Waals surface area contributed by atoms with Crippen LogP contribution in [0.4, 0.5) is 0 Å². The van der Waals surface area contributed by atoms with Gasteiger partial charge in [-0.05, 0) is 17.5 Å². The van der Waals surface area contributed by atoms with Crippen LogP contribution in [0.5, 0.6) is 0 Å². The highest BCUT2D eigenvalue weighted by Crippen LogP contribution is 2.33. The SMILES string of the molecule is c1ccc2c(c1)[nH]c1c2ccc2c3cncnc3ccc21. The zero-order valence-electron chi connectivity index (χ0n) is 11.2. The van der Waals surface area contributed by atoms with Crippen molar-refractivity contribution in [1.82, 2.24) is 15.0 Å². The standard InChI is InChI=1S/C18H11N3/c1-2-4-17-12(3-1)14-6-5-11-13(18(14)21-17)7-8-16-15(11)9-19-10-20-16/h1-10,21H. The Labute approximate surface area is 120 Å². The topological polar surface area (TPSA) is 41.6 Å². The fourth-order valence-corrected chi connectivity index (χ4v) is 3.19. The maximum Gasteiger partial charge on any atom is 0.116 e. The minimum Gasteiger partial charge on any atom is -0.354 e. The van der Waals surface area contributed by atoms with E-state index < -0.39 is 0 Å². The summed E-state index contributed by atoms with van der Waals surface area (Å²) in [5.74, 6) is 0. The molecule has 0 atom stereocenters. The number of fused-ring (bicyclic) bond motifs is 7. The number of aromatic amines is 1. The third kappa shape index (κ3) is 1.37. The first-order chi connectivity index (χ1) is 10.4. The summed E-state index contributed by atoms with van der Waals surface area (Å²) >= 11 is 0. The third-order valence-electron chi connectivity index (χ3n) is 4.16. The number of para-hydroxylation sites is 1. The lowest BCUT2D eigenvalue weighted by molar-refractivity contribution is 1.23. The zero-order chi connectivity index (χ0) is 13.8. The number of aromatic nitrogens is 3. The van der Waals surface area contributed by atoms with Gasteiger partial charge in [-0.1, -0.05) is 36.4 Å². The lowest BCUT2D eigenvalue weighted by atomic mass is 10.0. The summed E-state index contributed by atoms with van der Waals surface area (Å²) in [7, 11) is 0. The van der Waals surface area contributed by atoms with Crippen molar-refractivity contribution in [2.45, 2.75) is 0 Å². The molecular formula is C18H11N3. The minimum atomic E-state index is 0.980. The van der Waals surface area contributed by atoms with Crippen LogP contribution >= 0.6 is 0 Å². The molecule has 0 saturated heterocycles. The first-order valence-corrected chi connectivity index (χ1v) is 6.94. The summed E-state index contributed by atoms with van der Waals surface area (Å²) in [5.41, 5.74) is 3.33. The van der Waals surface area contributed by atoms with E-state index in [-0.39, 0.29) is 0 Å². The molecule has 1 N–H and O–H groups in total. The fourth-order valence-electron chi connectivity index (χ4n) is 3.19. The van der Waals surface area contributed by atoms with Gasteiger partial charge in [0.05, 0.1) is 11.0 Å². The van der Waals surface area contributed by atoms with Gasteiger partial charge in [0.15, 0.2) is 0 Å². The molecule has 0 saturated carbocycles. The van der Waals surface area contributed by atoms with Crippen molar-refractivity contribution in [1.29, 1.82) is 0 Å². The van der Waals surface area contributed by atoms with Crippen LogP contribution < -0.4 is 0 Å². The molecular weight excluding hydrogens is 258 g/mol. The van der Waals surface area contributed by atoms with Crippen LogP contribution in [0.3, 0.4) is 0 Å². The van der Waals surface area contributed by atoms with Gasteiger partial charge in [0.25, 0.3) is 0 Å². The number of hydrogen-bond acceptors (Lipinski definition) is 2. The maximum atomic E-state index is 4.33. The first kappa shape index (κ1) is 10.8. The monoisotopic (exact) mass is 269 g/mol. The van der Waals surface area contributed by atoms with Crippen molar-refractivity contribution in [3.63, 3.8) is 0 Å². The van der Waals surface area contributed by atoms with E-state index in [1.54, 1.807) is 6.33 Å². The van der Waals surface area contributed by atoms with Crippen LogP contribution in [0, 0.1) is 0 Å². The van der Waals surface area contributed by atoms with Gasteiger partial charge in [0, 0.05) is 33.3 Å². The minimum absolute atomic E-state index is 0.980. The first-order valence-electron chi connectivity index (χ1n) is 6.94. The quantitative estimate of drug-likeness (QED) is 0.423. The predicted molar refractivity (Wildman–Crippen MR) is 86.4 cm³/mol. The molecule has 0 aliphatic rings. The van der Waals surface area contributed by atoms with Crippen LogP contribution in [-0.4, -0.2) is 15.0 Å². The Hall–Kier alpha value is -2.94. The summed E-state index contributed by atoms with van der Waals surface area (Å²) in [6, 6.07) is 17.0. The summed E-state index contributed by atoms with van der Waals surface area (Å²) in [6.07, 6.45) is 3.48. The molecule has 0 amide bonds. The number of rotatable bonds is 0. The van der Waals surface area contributed by atoms with E-state index in [2.05, 4.69) is 63.5 Å². The molecule has 0 radical (unpaired) electrons. The van der Waals surface area contributed by atoms with E-state index >= 15 is 0 Å². The van der Waals surface area contributed by atoms with Crippen molar-refractivity contribution >= 4 is 43.5 Å². The molecule has 98 valence electrons. The normalized spacial score (nSPS) is 11.8. The molecule has 0 aliphatic carbocycles. The van der Waals surface area contributed by atoms with E-state index in [1.165, 1.54) is 32.6 Å². The average Bonchev–Trinajstić information content (AvgIpc) is 2.93. The number of hydrogen-bond donors (Lipinski definition) is 1. The highest BCUT2D eigenvalue weighted by molar-refractivity contribution is 6.21. The summed E-state index contributed by atoms with van der Waals surface area (Å²) in [4.78, 5) is 12.0. The van der Waals surface area contributed by atoms with Gasteiger partial charge in [-0.15, -0.1) is 0 Å². The highest BCUT2D eigenvalue weighted by atomic mass is 14.8. The molecule has 21 heavy (non-hydrogen) atoms. The van der Waals surface area contributed by atoms with Crippen LogP contribution in [-0.2, 0) is 0 Å². The molecule has 0 fully saturated rings. The molecule has 0 spiro atoms. The Morgan fingerprint density at radius 3 is 2.52 bits per heavy atom. The second-order valence-electron chi connectivity index (χ2n) is 5.27. The van der Waals surface area contributed by atoms with Crippen molar-refractivity contribution in [2.75, 3.05) is 0 Å². The molecule has 5 rings (SSSR count). The highest BCUT2D eigenvalue weighted by Gasteiger charge is 2.09. The number of nitrogens with one attached hydrogen (secondary N) is 1. The van der Waals surface area contributed by atoms with Gasteiger partial charge >= 0.3 is 0 Å². The van der Waals surface area contributed by atoms with E-state index in [4.69, 9.17) is 0 Å². The molecule has 0 unspecified atom stereocenters. The van der Waals surface area contributed by atoms with Crippen molar-refractivity contribution in [3.05, 3.63) is 61.1 Å². The molecule has 3 aromatic carbocycles. The van der Waals surface area contributed by atoms with Crippen molar-refractivity contribution in [2.24, 2.45) is 0 Å². The van der Waals surface area contributed by atoms with Gasteiger partial charge in [-0.2, -0.15) is 0 Å². The van der Waals surface area contributed by atoms with E-state index in [9.17, 15) is 0 Å². The Bertz CT molecular complexity index is 1140. The Morgan fingerprint density at radius 1 is 0.714 bits per heavy atom. The Morgan fingerprint density at radius 2 is 1.52 bits per heavy atom. The van der Waals surface area contributed by atoms with Gasteiger partial charge in [0.1, 0.15) is 6.33 Å². The Balaban J connectivity index is 2.07. The largest absolute Gasteiger partial charge is 0.354 e. The lowest BCUT2D eigenvalue weighted by Gasteiger charge is -2.03. The molecule has 3 heteroatoms. The molecule has 2 aromatic heterocycles. The van der Waals surface area contributed by atoms with E-state index in [1.807, 2.05) is 6.20 Å². The molecule has 0 aliphatic heterocycles. The summed E-state index contributed by atoms with van der Waals surface area (Å²) in [6.45, 7) is 0. The predicted octanol–water partition coefficient (Wildman–Crippen LogP) is 4.42. The average molecular weight is 269 g/mol. The van der Waals surface area contributed by atoms with Crippen LogP contribution in [0.2, 0.25) is 0 Å². The smallest absolute Gasteiger partial charge is 0.116 e. The summed E-state index contributed by atoms with van der Waals surface area (Å²) < 4.78 is 0. The molecule has 5 aromatic rings. The fraction of sp³-hybridized carbons (Fsp3) is 0. The summed E-state index contributed by atoms with van der Waals surface area (Å²) in [5, 5.41) is 6.02. The van der Waals surface area contributed by atoms with Gasteiger partial charge in [-0.25, -0.2) is 9.97 Å². The second-order valence-corrected chi connectivity index (χ2v) is 5.27. The van der Waals surface area contributed by atoms with E-state index in [0.29, 0.717) is 0 Å². The lowest BCUT2D eigenvalue weighted by Crippen LogP contribution is -1.83. The molecule has 0 bridgehead atoms. The number of H-pyrrole nitrogens is 1. The molecule has 2 heterocycles. The third-order valence-corrected chi connectivity index (χ3v) is 4.16. The van der Waals surface area contributed by atoms with Crippen LogP contribution in [0.1, 0.15) is 0 Å². The number of benzene rings is 3. The number of nitrogens with zero attached hydrogens (tertiary/aromatic N) is 2. The van der Waals surface area contributed by atoms with Gasteiger partial charge < -0.3 is 4.98 Å². The molecule has 3 nitrogen and oxygen atoms in total. The van der Waals surface area contributed by atoms with Crippen LogP contribution in [0.25, 0.3) is 43.5 Å². The van der Waals surface area contributed by atoms with Crippen molar-refractivity contribution < 1.29 is 0 Å². The maximum absolute atomic E-state index is 4.33.